The van der Waals surface area contributed by atoms with Gasteiger partial charge in [-0.1, -0.05) is 40.5 Å². The monoisotopic (exact) mass is 395 g/mol. The Labute approximate surface area is 156 Å². The number of esters is 1. The summed E-state index contributed by atoms with van der Waals surface area (Å²) in [5.41, 5.74) is 0.116. The van der Waals surface area contributed by atoms with Crippen LogP contribution >= 0.6 is 35.0 Å². The largest absolute Gasteiger partial charge is 0.441 e. The lowest BCUT2D eigenvalue weighted by atomic mass is 10.2. The number of carbonyl (C=O) groups is 1. The molecule has 0 radical (unpaired) electrons. The van der Waals surface area contributed by atoms with Crippen LogP contribution in [0.2, 0.25) is 10.0 Å². The predicted molar refractivity (Wildman–Crippen MR) is 97.1 cm³/mol. The molecule has 0 saturated carbocycles. The summed E-state index contributed by atoms with van der Waals surface area (Å²) in [5.74, 6) is -0.488. The number of ether oxygens (including phenoxy) is 1. The number of fused-ring (bicyclic) bond motifs is 1. The smallest absolute Gasteiger partial charge is 0.318 e. The summed E-state index contributed by atoms with van der Waals surface area (Å²) in [6, 6.07) is 11.8. The van der Waals surface area contributed by atoms with Gasteiger partial charge in [-0.25, -0.2) is 0 Å². The van der Waals surface area contributed by atoms with E-state index in [2.05, 4.69) is 10.3 Å². The number of carbonyl (C=O) groups excluding carboxylic acids is 1. The highest BCUT2D eigenvalue weighted by molar-refractivity contribution is 8.00. The van der Waals surface area contributed by atoms with E-state index < -0.39 is 5.97 Å². The minimum atomic E-state index is -0.511. The van der Waals surface area contributed by atoms with E-state index in [1.165, 1.54) is 11.8 Å². The van der Waals surface area contributed by atoms with Crippen molar-refractivity contribution < 1.29 is 9.53 Å². The van der Waals surface area contributed by atoms with Crippen LogP contribution in [-0.4, -0.2) is 26.7 Å². The molecular formula is C16H11Cl2N3O3S. The van der Waals surface area contributed by atoms with Crippen LogP contribution in [0.5, 0.6) is 0 Å². The summed E-state index contributed by atoms with van der Waals surface area (Å²) in [6.45, 7) is -0.306. The normalized spacial score (nSPS) is 10.8. The van der Waals surface area contributed by atoms with Crippen LogP contribution in [0.1, 0.15) is 0 Å². The van der Waals surface area contributed by atoms with Gasteiger partial charge in [0.2, 0.25) is 0 Å². The van der Waals surface area contributed by atoms with Gasteiger partial charge in [0.15, 0.2) is 6.73 Å². The summed E-state index contributed by atoms with van der Waals surface area (Å²) in [5, 5.41) is 9.11. The Morgan fingerprint density at radius 2 is 2.00 bits per heavy atom. The number of thioether (sulfide) groups is 1. The van der Waals surface area contributed by atoms with E-state index in [-0.39, 0.29) is 18.0 Å². The van der Waals surface area contributed by atoms with Gasteiger partial charge in [0, 0.05) is 9.92 Å². The summed E-state index contributed by atoms with van der Waals surface area (Å²) in [6.07, 6.45) is 0. The Bertz CT molecular complexity index is 994. The first-order valence-electron chi connectivity index (χ1n) is 7.10. The molecule has 3 aromatic rings. The van der Waals surface area contributed by atoms with Crippen molar-refractivity contribution in [2.24, 2.45) is 0 Å². The number of aromatic nitrogens is 3. The lowest BCUT2D eigenvalue weighted by Crippen LogP contribution is -2.26. The van der Waals surface area contributed by atoms with Gasteiger partial charge in [-0.05, 0) is 30.3 Å². The zero-order chi connectivity index (χ0) is 17.8. The second-order valence-electron chi connectivity index (χ2n) is 4.92. The summed E-state index contributed by atoms with van der Waals surface area (Å²) < 4.78 is 6.07. The van der Waals surface area contributed by atoms with E-state index in [0.717, 1.165) is 4.68 Å². The molecule has 3 rings (SSSR count). The number of halogens is 2. The van der Waals surface area contributed by atoms with Crippen LogP contribution in [0.4, 0.5) is 0 Å². The topological polar surface area (TPSA) is 74.1 Å². The number of benzene rings is 2. The van der Waals surface area contributed by atoms with Crippen LogP contribution in [0.25, 0.3) is 10.9 Å². The summed E-state index contributed by atoms with van der Waals surface area (Å²) in [7, 11) is 0. The quantitative estimate of drug-likeness (QED) is 0.486. The molecule has 1 aromatic heterocycles. The fourth-order valence-electron chi connectivity index (χ4n) is 2.01. The van der Waals surface area contributed by atoms with Gasteiger partial charge in [-0.3, -0.25) is 9.59 Å². The standard InChI is InChI=1S/C16H11Cl2N3O3S/c17-10-5-6-12(18)14(7-10)25-8-15(22)24-9-21-16(23)11-3-1-2-4-13(11)19-20-21/h1-7H,8-9H2. The van der Waals surface area contributed by atoms with Gasteiger partial charge in [0.05, 0.1) is 16.2 Å². The maximum atomic E-state index is 12.2. The van der Waals surface area contributed by atoms with Crippen molar-refractivity contribution in [1.29, 1.82) is 0 Å². The molecule has 0 atom stereocenters. The van der Waals surface area contributed by atoms with Crippen molar-refractivity contribution in [3.63, 3.8) is 0 Å². The molecule has 0 unspecified atom stereocenters. The van der Waals surface area contributed by atoms with E-state index in [4.69, 9.17) is 27.9 Å². The highest BCUT2D eigenvalue weighted by Crippen LogP contribution is 2.29. The number of rotatable bonds is 5. The Morgan fingerprint density at radius 3 is 2.84 bits per heavy atom. The van der Waals surface area contributed by atoms with Crippen LogP contribution in [-0.2, 0) is 16.3 Å². The molecule has 0 saturated heterocycles. The van der Waals surface area contributed by atoms with E-state index in [1.54, 1.807) is 42.5 Å². The SMILES string of the molecule is O=C(CSc1cc(Cl)ccc1Cl)OCn1nnc2ccccc2c1=O. The molecule has 0 aliphatic rings. The number of nitrogens with zero attached hydrogens (tertiary/aromatic N) is 3. The molecule has 0 fully saturated rings. The number of hydrogen-bond acceptors (Lipinski definition) is 6. The Hall–Kier alpha value is -2.09. The lowest BCUT2D eigenvalue weighted by Gasteiger charge is -2.07. The van der Waals surface area contributed by atoms with Crippen LogP contribution < -0.4 is 5.56 Å². The fourth-order valence-corrected chi connectivity index (χ4v) is 3.30. The molecule has 25 heavy (non-hydrogen) atoms. The molecule has 0 bridgehead atoms. The molecule has 6 nitrogen and oxygen atoms in total. The van der Waals surface area contributed by atoms with Gasteiger partial charge in [0.25, 0.3) is 5.56 Å². The first-order valence-corrected chi connectivity index (χ1v) is 8.85. The zero-order valence-electron chi connectivity index (χ0n) is 12.7. The molecule has 0 aliphatic carbocycles. The van der Waals surface area contributed by atoms with Crippen molar-refractivity contribution in [3.05, 3.63) is 62.9 Å². The van der Waals surface area contributed by atoms with Crippen LogP contribution in [0.15, 0.2) is 52.2 Å². The molecular weight excluding hydrogens is 385 g/mol. The molecule has 0 N–H and O–H groups in total. The first kappa shape index (κ1) is 17.7. The van der Waals surface area contributed by atoms with Crippen molar-refractivity contribution in [2.75, 3.05) is 5.75 Å². The molecule has 1 heterocycles. The molecule has 128 valence electrons. The minimum Gasteiger partial charge on any atom is -0.441 e. The van der Waals surface area contributed by atoms with Gasteiger partial charge < -0.3 is 4.74 Å². The zero-order valence-corrected chi connectivity index (χ0v) is 15.0. The molecule has 0 aliphatic heterocycles. The first-order chi connectivity index (χ1) is 12.0. The Morgan fingerprint density at radius 1 is 1.20 bits per heavy atom. The maximum Gasteiger partial charge on any atom is 0.318 e. The molecule has 9 heteroatoms. The van der Waals surface area contributed by atoms with Crippen LogP contribution in [0.3, 0.4) is 0 Å². The third-order valence-electron chi connectivity index (χ3n) is 3.22. The summed E-state index contributed by atoms with van der Waals surface area (Å²) >= 11 is 13.1. The number of hydrogen-bond donors (Lipinski definition) is 0. The highest BCUT2D eigenvalue weighted by Gasteiger charge is 2.10. The van der Waals surface area contributed by atoms with E-state index in [9.17, 15) is 9.59 Å². The average molecular weight is 396 g/mol. The minimum absolute atomic E-state index is 0.0236. The van der Waals surface area contributed by atoms with Crippen molar-refractivity contribution in [3.8, 4) is 0 Å². The predicted octanol–water partition coefficient (Wildman–Crippen LogP) is 3.39. The molecule has 0 amide bonds. The molecule has 0 spiro atoms. The fraction of sp³-hybridized carbons (Fsp3) is 0.125. The Balaban J connectivity index is 1.62. The van der Waals surface area contributed by atoms with Crippen molar-refractivity contribution in [1.82, 2.24) is 15.0 Å². The maximum absolute atomic E-state index is 12.2. The van der Waals surface area contributed by atoms with E-state index in [0.29, 0.717) is 25.8 Å². The third kappa shape index (κ3) is 4.31. The van der Waals surface area contributed by atoms with E-state index >= 15 is 0 Å². The van der Waals surface area contributed by atoms with Crippen molar-refractivity contribution >= 4 is 51.8 Å². The van der Waals surface area contributed by atoms with E-state index in [1.807, 2.05) is 0 Å². The van der Waals surface area contributed by atoms with Gasteiger partial charge in [-0.15, -0.1) is 16.9 Å². The highest BCUT2D eigenvalue weighted by atomic mass is 35.5. The average Bonchev–Trinajstić information content (AvgIpc) is 2.62. The van der Waals surface area contributed by atoms with Crippen LogP contribution in [0, 0.1) is 0 Å². The van der Waals surface area contributed by atoms with Gasteiger partial charge in [-0.2, -0.15) is 4.68 Å². The van der Waals surface area contributed by atoms with Gasteiger partial charge in [0.1, 0.15) is 5.52 Å². The second kappa shape index (κ2) is 7.86. The molecule has 2 aromatic carbocycles. The third-order valence-corrected chi connectivity index (χ3v) is 4.92. The van der Waals surface area contributed by atoms with Crippen molar-refractivity contribution in [2.45, 2.75) is 11.6 Å². The Kier molecular flexibility index (Phi) is 5.57. The van der Waals surface area contributed by atoms with Gasteiger partial charge >= 0.3 is 5.97 Å². The second-order valence-corrected chi connectivity index (χ2v) is 6.78. The lowest BCUT2D eigenvalue weighted by molar-refractivity contribution is -0.144. The summed E-state index contributed by atoms with van der Waals surface area (Å²) in [4.78, 5) is 24.8.